The smallest absolute Gasteiger partial charge is 0.223 e. The number of piperazine rings is 1. The number of nitrogens with one attached hydrogen (secondary N) is 1. The summed E-state index contributed by atoms with van der Waals surface area (Å²) in [5.74, 6) is 0.309. The molecule has 1 amide bonds. The van der Waals surface area contributed by atoms with Crippen LogP contribution in [0.5, 0.6) is 0 Å². The van der Waals surface area contributed by atoms with E-state index < -0.39 is 0 Å². The minimum Gasteiger partial charge on any atom is -0.340 e. The molecule has 1 N–H and O–H groups in total. The highest BCUT2D eigenvalue weighted by Gasteiger charge is 2.16. The Morgan fingerprint density at radius 1 is 1.25 bits per heavy atom. The van der Waals surface area contributed by atoms with E-state index in [0.717, 1.165) is 45.8 Å². The van der Waals surface area contributed by atoms with Crippen LogP contribution >= 0.6 is 12.4 Å². The molecule has 0 saturated carbocycles. The molecule has 1 heterocycles. The Morgan fingerprint density at radius 2 is 1.81 bits per heavy atom. The van der Waals surface area contributed by atoms with Crippen LogP contribution < -0.4 is 5.32 Å². The Morgan fingerprint density at radius 3 is 2.31 bits per heavy atom. The predicted octanol–water partition coefficient (Wildman–Crippen LogP) is 0.572. The molecule has 0 aromatic carbocycles. The van der Waals surface area contributed by atoms with E-state index in [-0.39, 0.29) is 12.4 Å². The molecule has 0 atom stereocenters. The topological polar surface area (TPSA) is 35.6 Å². The number of nitrogens with zero attached hydrogens (tertiary/aromatic N) is 2. The first kappa shape index (κ1) is 15.7. The van der Waals surface area contributed by atoms with Gasteiger partial charge in [0, 0.05) is 39.1 Å². The second kappa shape index (κ2) is 8.79. The Kier molecular flexibility index (Phi) is 8.61. The van der Waals surface area contributed by atoms with E-state index in [9.17, 15) is 4.79 Å². The number of carbonyl (C=O) groups is 1. The summed E-state index contributed by atoms with van der Waals surface area (Å²) >= 11 is 0. The minimum atomic E-state index is 0. The van der Waals surface area contributed by atoms with Crippen LogP contribution in [0.1, 0.15) is 20.3 Å². The summed E-state index contributed by atoms with van der Waals surface area (Å²) in [7, 11) is 0. The molecule has 0 aromatic heterocycles. The summed E-state index contributed by atoms with van der Waals surface area (Å²) in [6.45, 7) is 10.9. The summed E-state index contributed by atoms with van der Waals surface area (Å²) < 4.78 is 0. The molecule has 1 fully saturated rings. The van der Waals surface area contributed by atoms with Gasteiger partial charge >= 0.3 is 0 Å². The molecular formula is C11H24ClN3O. The van der Waals surface area contributed by atoms with Crippen molar-refractivity contribution < 1.29 is 4.79 Å². The lowest BCUT2D eigenvalue weighted by atomic mass is 10.3. The van der Waals surface area contributed by atoms with Crippen LogP contribution in [-0.2, 0) is 4.79 Å². The van der Waals surface area contributed by atoms with E-state index in [1.807, 2.05) is 4.90 Å². The van der Waals surface area contributed by atoms with E-state index in [2.05, 4.69) is 24.1 Å². The zero-order valence-electron chi connectivity index (χ0n) is 10.4. The lowest BCUT2D eigenvalue weighted by molar-refractivity contribution is -0.132. The maximum Gasteiger partial charge on any atom is 0.223 e. The van der Waals surface area contributed by atoms with Crippen molar-refractivity contribution in [2.24, 2.45) is 0 Å². The number of halogens is 1. The number of carbonyl (C=O) groups excluding carboxylic acids is 1. The van der Waals surface area contributed by atoms with E-state index in [1.165, 1.54) is 0 Å². The monoisotopic (exact) mass is 249 g/mol. The van der Waals surface area contributed by atoms with Gasteiger partial charge in [-0.2, -0.15) is 0 Å². The number of rotatable bonds is 5. The van der Waals surface area contributed by atoms with Gasteiger partial charge in [-0.3, -0.25) is 4.79 Å². The lowest BCUT2D eigenvalue weighted by Crippen LogP contribution is -2.47. The van der Waals surface area contributed by atoms with Crippen molar-refractivity contribution in [3.63, 3.8) is 0 Å². The Labute approximate surface area is 105 Å². The van der Waals surface area contributed by atoms with Gasteiger partial charge in [0.05, 0.1) is 0 Å². The highest BCUT2D eigenvalue weighted by Crippen LogP contribution is 1.99. The van der Waals surface area contributed by atoms with Gasteiger partial charge in [-0.1, -0.05) is 13.8 Å². The van der Waals surface area contributed by atoms with Crippen LogP contribution in [0.2, 0.25) is 0 Å². The van der Waals surface area contributed by atoms with Gasteiger partial charge in [0.2, 0.25) is 5.91 Å². The van der Waals surface area contributed by atoms with Gasteiger partial charge in [0.25, 0.3) is 0 Å². The maximum atomic E-state index is 11.8. The summed E-state index contributed by atoms with van der Waals surface area (Å²) in [5.41, 5.74) is 0. The standard InChI is InChI=1S/C11H23N3O.ClH/c1-3-13(4-2)8-5-11(15)14-9-6-12-7-10-14;/h12H,3-10H2,1-2H3;1H. The third-order valence-electron chi connectivity index (χ3n) is 3.01. The quantitative estimate of drug-likeness (QED) is 0.774. The van der Waals surface area contributed by atoms with Crippen LogP contribution in [0.4, 0.5) is 0 Å². The van der Waals surface area contributed by atoms with Gasteiger partial charge in [0.15, 0.2) is 0 Å². The van der Waals surface area contributed by atoms with Gasteiger partial charge in [-0.05, 0) is 13.1 Å². The van der Waals surface area contributed by atoms with Crippen molar-refractivity contribution in [1.82, 2.24) is 15.1 Å². The molecule has 4 nitrogen and oxygen atoms in total. The first-order chi connectivity index (χ1) is 7.27. The molecule has 0 unspecified atom stereocenters. The van der Waals surface area contributed by atoms with Gasteiger partial charge in [0.1, 0.15) is 0 Å². The molecule has 0 spiro atoms. The fraction of sp³-hybridized carbons (Fsp3) is 0.909. The zero-order chi connectivity index (χ0) is 11.1. The van der Waals surface area contributed by atoms with Crippen molar-refractivity contribution >= 4 is 18.3 Å². The van der Waals surface area contributed by atoms with Crippen LogP contribution in [-0.4, -0.2) is 61.5 Å². The second-order valence-electron chi connectivity index (χ2n) is 3.91. The third kappa shape index (κ3) is 5.14. The molecule has 0 aliphatic carbocycles. The summed E-state index contributed by atoms with van der Waals surface area (Å²) in [6.07, 6.45) is 0.668. The van der Waals surface area contributed by atoms with E-state index in [0.29, 0.717) is 12.3 Å². The average molecular weight is 250 g/mol. The number of hydrogen-bond acceptors (Lipinski definition) is 3. The van der Waals surface area contributed by atoms with Crippen LogP contribution in [0, 0.1) is 0 Å². The highest BCUT2D eigenvalue weighted by molar-refractivity contribution is 5.85. The SMILES string of the molecule is CCN(CC)CCC(=O)N1CCNCC1.Cl. The molecule has 96 valence electrons. The third-order valence-corrected chi connectivity index (χ3v) is 3.01. The van der Waals surface area contributed by atoms with Crippen molar-refractivity contribution in [1.29, 1.82) is 0 Å². The van der Waals surface area contributed by atoms with Crippen LogP contribution in [0.3, 0.4) is 0 Å². The number of hydrogen-bond donors (Lipinski definition) is 1. The Bertz CT molecular complexity index is 192. The normalized spacial score (nSPS) is 16.1. The van der Waals surface area contributed by atoms with E-state index in [1.54, 1.807) is 0 Å². The van der Waals surface area contributed by atoms with E-state index >= 15 is 0 Å². The van der Waals surface area contributed by atoms with Crippen molar-refractivity contribution in [2.75, 3.05) is 45.8 Å². The minimum absolute atomic E-state index is 0. The van der Waals surface area contributed by atoms with Gasteiger partial charge in [-0.25, -0.2) is 0 Å². The molecule has 1 rings (SSSR count). The van der Waals surface area contributed by atoms with E-state index in [4.69, 9.17) is 0 Å². The molecule has 1 aliphatic rings. The second-order valence-corrected chi connectivity index (χ2v) is 3.91. The predicted molar refractivity (Wildman–Crippen MR) is 69.1 cm³/mol. The Hall–Kier alpha value is -0.320. The van der Waals surface area contributed by atoms with Gasteiger partial charge < -0.3 is 15.1 Å². The van der Waals surface area contributed by atoms with Crippen molar-refractivity contribution in [3.8, 4) is 0 Å². The molecule has 0 radical (unpaired) electrons. The fourth-order valence-corrected chi connectivity index (χ4v) is 1.87. The summed E-state index contributed by atoms with van der Waals surface area (Å²) in [4.78, 5) is 16.1. The number of amides is 1. The fourth-order valence-electron chi connectivity index (χ4n) is 1.87. The summed E-state index contributed by atoms with van der Waals surface area (Å²) in [5, 5.41) is 3.25. The van der Waals surface area contributed by atoms with Crippen LogP contribution in [0.15, 0.2) is 0 Å². The zero-order valence-corrected chi connectivity index (χ0v) is 11.2. The maximum absolute atomic E-state index is 11.8. The van der Waals surface area contributed by atoms with Gasteiger partial charge in [-0.15, -0.1) is 12.4 Å². The lowest BCUT2D eigenvalue weighted by Gasteiger charge is -2.28. The molecule has 1 aliphatic heterocycles. The molecule has 16 heavy (non-hydrogen) atoms. The first-order valence-corrected chi connectivity index (χ1v) is 5.98. The average Bonchev–Trinajstić information content (AvgIpc) is 2.31. The molecule has 0 aromatic rings. The largest absolute Gasteiger partial charge is 0.340 e. The van der Waals surface area contributed by atoms with Crippen LogP contribution in [0.25, 0.3) is 0 Å². The molecule has 0 bridgehead atoms. The molecule has 5 heteroatoms. The molecular weight excluding hydrogens is 226 g/mol. The van der Waals surface area contributed by atoms with Crippen molar-refractivity contribution in [2.45, 2.75) is 20.3 Å². The first-order valence-electron chi connectivity index (χ1n) is 5.98. The van der Waals surface area contributed by atoms with Crippen molar-refractivity contribution in [3.05, 3.63) is 0 Å². The molecule has 1 saturated heterocycles. The Balaban J connectivity index is 0.00000225. The highest BCUT2D eigenvalue weighted by atomic mass is 35.5. The summed E-state index contributed by atoms with van der Waals surface area (Å²) in [6, 6.07) is 0.